The van der Waals surface area contributed by atoms with E-state index < -0.39 is 22.0 Å². The molecule has 0 aliphatic carbocycles. The zero-order valence-electron chi connectivity index (χ0n) is 15.3. The van der Waals surface area contributed by atoms with Gasteiger partial charge >= 0.3 is 0 Å². The maximum atomic E-state index is 12.4. The molecule has 1 unspecified atom stereocenters. The number of carbonyl (C=O) groups excluding carboxylic acids is 1. The number of rotatable bonds is 7. The highest BCUT2D eigenvalue weighted by molar-refractivity contribution is 7.92. The van der Waals surface area contributed by atoms with Crippen molar-refractivity contribution in [2.45, 2.75) is 11.0 Å². The van der Waals surface area contributed by atoms with Crippen molar-refractivity contribution < 1.29 is 23.4 Å². The largest absolute Gasteiger partial charge is 0.508 e. The molecular weight excluding hydrogens is 392 g/mol. The molecule has 0 radical (unpaired) electrons. The van der Waals surface area contributed by atoms with Crippen molar-refractivity contribution in [3.8, 4) is 5.75 Å². The number of benzene rings is 3. The van der Waals surface area contributed by atoms with Crippen LogP contribution in [0.15, 0.2) is 83.8 Å². The molecule has 1 amide bonds. The molecule has 3 rings (SSSR count). The fourth-order valence-electron chi connectivity index (χ4n) is 2.64. The smallest absolute Gasteiger partial charge is 0.261 e. The quantitative estimate of drug-likeness (QED) is 0.476. The van der Waals surface area contributed by atoms with E-state index in [-0.39, 0.29) is 28.4 Å². The highest BCUT2D eigenvalue weighted by atomic mass is 32.2. The van der Waals surface area contributed by atoms with Crippen LogP contribution in [-0.2, 0) is 10.0 Å². The monoisotopic (exact) mass is 412 g/mol. The third kappa shape index (κ3) is 5.34. The fourth-order valence-corrected chi connectivity index (χ4v) is 3.71. The maximum Gasteiger partial charge on any atom is 0.261 e. The van der Waals surface area contributed by atoms with Crippen LogP contribution in [-0.4, -0.2) is 31.1 Å². The van der Waals surface area contributed by atoms with Crippen LogP contribution >= 0.6 is 0 Å². The van der Waals surface area contributed by atoms with Crippen LogP contribution < -0.4 is 10.0 Å². The molecule has 0 bridgehead atoms. The normalized spacial score (nSPS) is 12.2. The molecular formula is C21H20N2O5S. The predicted molar refractivity (Wildman–Crippen MR) is 109 cm³/mol. The minimum Gasteiger partial charge on any atom is -0.508 e. The van der Waals surface area contributed by atoms with E-state index in [1.165, 1.54) is 30.3 Å². The van der Waals surface area contributed by atoms with Gasteiger partial charge in [-0.05, 0) is 48.0 Å². The Morgan fingerprint density at radius 3 is 2.31 bits per heavy atom. The van der Waals surface area contributed by atoms with Crippen LogP contribution in [0.1, 0.15) is 22.0 Å². The number of aromatic hydroxyl groups is 1. The first-order valence-electron chi connectivity index (χ1n) is 8.78. The van der Waals surface area contributed by atoms with Gasteiger partial charge in [0.15, 0.2) is 0 Å². The SMILES string of the molecule is O=C(NCC(O)c1ccc(O)cc1)c1cccc(NS(=O)(=O)c2ccccc2)c1. The summed E-state index contributed by atoms with van der Waals surface area (Å²) in [6, 6.07) is 20.0. The molecule has 0 spiro atoms. The average Bonchev–Trinajstić information content (AvgIpc) is 2.73. The minimum absolute atomic E-state index is 0.0381. The summed E-state index contributed by atoms with van der Waals surface area (Å²) in [6.07, 6.45) is -0.945. The van der Waals surface area contributed by atoms with Gasteiger partial charge in [0.2, 0.25) is 0 Å². The molecule has 29 heavy (non-hydrogen) atoms. The molecule has 3 aromatic rings. The Kier molecular flexibility index (Phi) is 6.16. The summed E-state index contributed by atoms with van der Waals surface area (Å²) in [7, 11) is -3.76. The van der Waals surface area contributed by atoms with E-state index in [9.17, 15) is 23.4 Å². The second-order valence-electron chi connectivity index (χ2n) is 6.32. The molecule has 0 aliphatic heterocycles. The number of aliphatic hydroxyl groups is 1. The first kappa shape index (κ1) is 20.4. The van der Waals surface area contributed by atoms with Crippen molar-refractivity contribution in [2.24, 2.45) is 0 Å². The lowest BCUT2D eigenvalue weighted by Crippen LogP contribution is -2.28. The van der Waals surface area contributed by atoms with Crippen LogP contribution in [0.4, 0.5) is 5.69 Å². The number of hydrogen-bond donors (Lipinski definition) is 4. The van der Waals surface area contributed by atoms with Gasteiger partial charge in [0.05, 0.1) is 11.0 Å². The molecule has 4 N–H and O–H groups in total. The van der Waals surface area contributed by atoms with Gasteiger partial charge in [-0.15, -0.1) is 0 Å². The van der Waals surface area contributed by atoms with Gasteiger partial charge in [-0.1, -0.05) is 36.4 Å². The molecule has 1 atom stereocenters. The van der Waals surface area contributed by atoms with Crippen molar-refractivity contribution in [3.05, 3.63) is 90.0 Å². The summed E-state index contributed by atoms with van der Waals surface area (Å²) >= 11 is 0. The number of hydrogen-bond acceptors (Lipinski definition) is 5. The van der Waals surface area contributed by atoms with Gasteiger partial charge in [0.25, 0.3) is 15.9 Å². The molecule has 3 aromatic carbocycles. The van der Waals surface area contributed by atoms with E-state index in [0.717, 1.165) is 0 Å². The van der Waals surface area contributed by atoms with Crippen molar-refractivity contribution in [1.29, 1.82) is 0 Å². The van der Waals surface area contributed by atoms with Crippen molar-refractivity contribution >= 4 is 21.6 Å². The molecule has 7 nitrogen and oxygen atoms in total. The lowest BCUT2D eigenvalue weighted by molar-refractivity contribution is 0.0916. The maximum absolute atomic E-state index is 12.4. The third-order valence-electron chi connectivity index (χ3n) is 4.16. The second-order valence-corrected chi connectivity index (χ2v) is 8.00. The number of phenolic OH excluding ortho intramolecular Hbond substituents is 1. The fraction of sp³-hybridized carbons (Fsp3) is 0.0952. The molecule has 0 saturated heterocycles. The Bertz CT molecular complexity index is 1080. The predicted octanol–water partition coefficient (Wildman–Crippen LogP) is 2.66. The van der Waals surface area contributed by atoms with E-state index >= 15 is 0 Å². The van der Waals surface area contributed by atoms with Gasteiger partial charge in [-0.2, -0.15) is 0 Å². The highest BCUT2D eigenvalue weighted by Gasteiger charge is 2.15. The van der Waals surface area contributed by atoms with E-state index in [1.54, 1.807) is 48.5 Å². The van der Waals surface area contributed by atoms with Gasteiger partial charge in [-0.25, -0.2) is 8.42 Å². The lowest BCUT2D eigenvalue weighted by Gasteiger charge is -2.13. The summed E-state index contributed by atoms with van der Waals surface area (Å²) < 4.78 is 27.3. The lowest BCUT2D eigenvalue weighted by atomic mass is 10.1. The zero-order valence-corrected chi connectivity index (χ0v) is 16.1. The summed E-state index contributed by atoms with van der Waals surface area (Å²) in [5.41, 5.74) is 1.05. The summed E-state index contributed by atoms with van der Waals surface area (Å²) in [5, 5.41) is 22.0. The molecule has 0 aromatic heterocycles. The number of aliphatic hydroxyl groups excluding tert-OH is 1. The number of sulfonamides is 1. The topological polar surface area (TPSA) is 116 Å². The number of anilines is 1. The van der Waals surface area contributed by atoms with Crippen LogP contribution in [0.2, 0.25) is 0 Å². The van der Waals surface area contributed by atoms with E-state index in [2.05, 4.69) is 10.0 Å². The van der Waals surface area contributed by atoms with E-state index in [0.29, 0.717) is 5.56 Å². The Morgan fingerprint density at radius 2 is 1.62 bits per heavy atom. The van der Waals surface area contributed by atoms with E-state index in [4.69, 9.17) is 0 Å². The molecule has 150 valence electrons. The van der Waals surface area contributed by atoms with Crippen LogP contribution in [0, 0.1) is 0 Å². The van der Waals surface area contributed by atoms with Crippen LogP contribution in [0.3, 0.4) is 0 Å². The second kappa shape index (κ2) is 8.76. The Labute approximate surface area is 168 Å². The van der Waals surface area contributed by atoms with E-state index in [1.807, 2.05) is 0 Å². The Hall–Kier alpha value is -3.36. The van der Waals surface area contributed by atoms with Crippen LogP contribution in [0.25, 0.3) is 0 Å². The van der Waals surface area contributed by atoms with Gasteiger partial charge in [0, 0.05) is 17.8 Å². The first-order valence-corrected chi connectivity index (χ1v) is 10.3. The number of nitrogens with one attached hydrogen (secondary N) is 2. The third-order valence-corrected chi connectivity index (χ3v) is 5.56. The van der Waals surface area contributed by atoms with Gasteiger partial charge in [-0.3, -0.25) is 9.52 Å². The van der Waals surface area contributed by atoms with Crippen molar-refractivity contribution in [2.75, 3.05) is 11.3 Å². The number of carbonyl (C=O) groups is 1. The summed E-state index contributed by atoms with van der Waals surface area (Å²) in [5.74, 6) is -0.372. The van der Waals surface area contributed by atoms with Gasteiger partial charge in [0.1, 0.15) is 5.75 Å². The molecule has 0 heterocycles. The highest BCUT2D eigenvalue weighted by Crippen LogP contribution is 2.18. The molecule has 0 saturated carbocycles. The Morgan fingerprint density at radius 1 is 0.931 bits per heavy atom. The number of amides is 1. The standard InChI is InChI=1S/C21H20N2O5S/c24-18-11-9-15(10-12-18)20(25)14-22-21(26)16-5-4-6-17(13-16)23-29(27,28)19-7-2-1-3-8-19/h1-13,20,23-25H,14H2,(H,22,26). The van der Waals surface area contributed by atoms with Gasteiger partial charge < -0.3 is 15.5 Å². The van der Waals surface area contributed by atoms with Crippen molar-refractivity contribution in [3.63, 3.8) is 0 Å². The molecule has 0 fully saturated rings. The van der Waals surface area contributed by atoms with Crippen LogP contribution in [0.5, 0.6) is 5.75 Å². The number of phenols is 1. The average molecular weight is 412 g/mol. The first-order chi connectivity index (χ1) is 13.8. The molecule has 8 heteroatoms. The Balaban J connectivity index is 1.65. The van der Waals surface area contributed by atoms with Crippen molar-refractivity contribution in [1.82, 2.24) is 5.32 Å². The minimum atomic E-state index is -3.76. The summed E-state index contributed by atoms with van der Waals surface area (Å²) in [4.78, 5) is 12.5. The molecule has 0 aliphatic rings. The summed E-state index contributed by atoms with van der Waals surface area (Å²) in [6.45, 7) is -0.0381. The zero-order chi connectivity index (χ0) is 20.9.